The van der Waals surface area contributed by atoms with Crippen molar-refractivity contribution in [3.8, 4) is 22.9 Å². The first-order valence-corrected chi connectivity index (χ1v) is 24.2. The zero-order valence-electron chi connectivity index (χ0n) is 37.2. The van der Waals surface area contributed by atoms with E-state index in [9.17, 15) is 14.4 Å². The number of alkyl carbamates (subject to hydrolysis) is 1. The van der Waals surface area contributed by atoms with Crippen molar-refractivity contribution >= 4 is 47.0 Å². The Bertz CT molecular complexity index is 2020. The van der Waals surface area contributed by atoms with Crippen LogP contribution in [0.25, 0.3) is 22.9 Å². The fourth-order valence-corrected chi connectivity index (χ4v) is 7.87. The molecule has 21 nitrogen and oxygen atoms in total. The summed E-state index contributed by atoms with van der Waals surface area (Å²) < 4.78 is 52.3. The van der Waals surface area contributed by atoms with Gasteiger partial charge in [-0.1, -0.05) is 28.7 Å². The first-order chi connectivity index (χ1) is 31.8. The molecule has 65 heavy (non-hydrogen) atoms. The molecule has 2 N–H and O–H groups in total. The van der Waals surface area contributed by atoms with E-state index < -0.39 is 6.09 Å². The number of hydrogen-bond donors (Lipinski definition) is 2. The third-order valence-corrected chi connectivity index (χ3v) is 11.7. The highest BCUT2D eigenvalue weighted by Gasteiger charge is 2.50. The summed E-state index contributed by atoms with van der Waals surface area (Å²) in [6.07, 6.45) is 7.53. The number of aryl methyl sites for hydroxylation is 1. The second-order valence-corrected chi connectivity index (χ2v) is 16.7. The lowest BCUT2D eigenvalue weighted by molar-refractivity contribution is -0.118. The molecule has 2 aliphatic carbocycles. The van der Waals surface area contributed by atoms with Crippen LogP contribution in [0.4, 0.5) is 10.5 Å². The number of carbonyl (C=O) groups excluding carboxylic acids is 3. The van der Waals surface area contributed by atoms with Gasteiger partial charge in [-0.25, -0.2) is 9.48 Å². The Labute approximate surface area is 385 Å². The number of ketones is 1. The van der Waals surface area contributed by atoms with Gasteiger partial charge in [0.15, 0.2) is 0 Å². The van der Waals surface area contributed by atoms with E-state index in [0.717, 1.165) is 37.1 Å². The molecule has 3 aromatic heterocycles. The van der Waals surface area contributed by atoms with Gasteiger partial charge in [0.2, 0.25) is 17.7 Å². The summed E-state index contributed by atoms with van der Waals surface area (Å²) in [7, 11) is 0. The number of thioether (sulfide) groups is 2. The van der Waals surface area contributed by atoms with Crippen molar-refractivity contribution in [3.63, 3.8) is 0 Å². The Morgan fingerprint density at radius 2 is 1.25 bits per heavy atom. The van der Waals surface area contributed by atoms with Crippen LogP contribution >= 0.6 is 23.5 Å². The van der Waals surface area contributed by atoms with E-state index in [4.69, 9.17) is 42.0 Å². The molecule has 0 aliphatic heterocycles. The van der Waals surface area contributed by atoms with Crippen molar-refractivity contribution in [1.82, 2.24) is 40.7 Å². The molecule has 356 valence electrons. The first-order valence-electron chi connectivity index (χ1n) is 21.8. The molecule has 0 radical (unpaired) electrons. The van der Waals surface area contributed by atoms with Gasteiger partial charge < -0.3 is 52.6 Å². The van der Waals surface area contributed by atoms with Gasteiger partial charge in [-0.2, -0.15) is 0 Å². The minimum atomic E-state index is -0.432. The average molecular weight is 946 g/mol. The summed E-state index contributed by atoms with van der Waals surface area (Å²) in [5.41, 5.74) is 3.88. The number of aromatic nitrogens is 7. The monoisotopic (exact) mass is 945 g/mol. The Balaban J connectivity index is 0.770. The smallest absolute Gasteiger partial charge is 0.407 e. The predicted molar refractivity (Wildman–Crippen MR) is 237 cm³/mol. The maximum absolute atomic E-state index is 12.8. The number of hydrogen-bond acceptors (Lipinski definition) is 20. The fourth-order valence-electron chi connectivity index (χ4n) is 7.30. The van der Waals surface area contributed by atoms with Gasteiger partial charge in [0.25, 0.3) is 10.4 Å². The molecule has 3 atom stereocenters. The minimum Gasteiger partial charge on any atom is -0.449 e. The van der Waals surface area contributed by atoms with E-state index in [1.54, 1.807) is 18.2 Å². The summed E-state index contributed by atoms with van der Waals surface area (Å²) in [6, 6.07) is 5.27. The molecular formula is C42H59N9O12S2. The lowest BCUT2D eigenvalue weighted by Crippen LogP contribution is -2.29. The van der Waals surface area contributed by atoms with Gasteiger partial charge in [0.05, 0.1) is 110 Å². The molecule has 2 aliphatic rings. The number of fused-ring (bicyclic) bond motifs is 2. The lowest BCUT2D eigenvalue weighted by Gasteiger charge is -2.11. The fraction of sp³-hybridized carbons (Fsp3) is 0.643. The number of benzene rings is 1. The van der Waals surface area contributed by atoms with Gasteiger partial charge in [0.1, 0.15) is 5.78 Å². The first kappa shape index (κ1) is 49.9. The number of Topliss-reactive ketones (excluding diaryl/α,β-unsaturated/α-hetero) is 1. The Morgan fingerprint density at radius 1 is 0.692 bits per heavy atom. The molecule has 3 heterocycles. The van der Waals surface area contributed by atoms with Crippen LogP contribution in [-0.4, -0.2) is 158 Å². The standard InChI is InChI=1S/C42H59N9O12S2/c1-28(52)8-12-55-16-20-59-22-18-57-14-10-43-40(54)61-27-34-32-4-6-35-36(7-5-33(32)34)51(50-45-35)11-15-58-19-23-60-21-17-56-13-9-37(53)44-31-25-29(38-46-48-41(62-38)64-2)24-30(26-31)39-47-49-42(63-39)65-3/h24-26,32-34H,4-23,27H2,1-3H3,(H,43,54)(H,44,53)/t32?,33-,34?/m0/s1. The summed E-state index contributed by atoms with van der Waals surface area (Å²) >= 11 is 2.66. The van der Waals surface area contributed by atoms with Gasteiger partial charge in [0, 0.05) is 29.8 Å². The van der Waals surface area contributed by atoms with Crippen molar-refractivity contribution in [3.05, 3.63) is 29.6 Å². The number of nitrogens with one attached hydrogen (secondary N) is 2. The highest BCUT2D eigenvalue weighted by Crippen LogP contribution is 2.53. The van der Waals surface area contributed by atoms with E-state index in [1.165, 1.54) is 30.4 Å². The topological polar surface area (TPSA) is 248 Å². The molecule has 1 aromatic carbocycles. The number of nitrogens with zero attached hydrogens (tertiary/aromatic N) is 7. The van der Waals surface area contributed by atoms with Crippen molar-refractivity contribution in [2.75, 3.05) is 110 Å². The van der Waals surface area contributed by atoms with Crippen LogP contribution in [0, 0.1) is 17.8 Å². The van der Waals surface area contributed by atoms with Crippen LogP contribution in [-0.2, 0) is 62.1 Å². The van der Waals surface area contributed by atoms with Crippen LogP contribution in [0.3, 0.4) is 0 Å². The Kier molecular flexibility index (Phi) is 20.9. The molecule has 2 amide bonds. The van der Waals surface area contributed by atoms with Gasteiger partial charge in [-0.05, 0) is 81.1 Å². The molecule has 4 aromatic rings. The van der Waals surface area contributed by atoms with Crippen molar-refractivity contribution in [2.24, 2.45) is 17.8 Å². The summed E-state index contributed by atoms with van der Waals surface area (Å²) in [5.74, 6) is 1.87. The maximum Gasteiger partial charge on any atom is 0.407 e. The molecule has 0 bridgehead atoms. The van der Waals surface area contributed by atoms with E-state index in [-0.39, 0.29) is 24.7 Å². The molecule has 0 spiro atoms. The zero-order chi connectivity index (χ0) is 45.6. The van der Waals surface area contributed by atoms with E-state index >= 15 is 0 Å². The minimum absolute atomic E-state index is 0.104. The molecule has 0 saturated heterocycles. The van der Waals surface area contributed by atoms with Crippen LogP contribution in [0.2, 0.25) is 0 Å². The third-order valence-electron chi connectivity index (χ3n) is 10.7. The van der Waals surface area contributed by atoms with Crippen LogP contribution in [0.1, 0.15) is 44.0 Å². The van der Waals surface area contributed by atoms with Crippen LogP contribution in [0.5, 0.6) is 0 Å². The van der Waals surface area contributed by atoms with Crippen LogP contribution < -0.4 is 10.6 Å². The lowest BCUT2D eigenvalue weighted by atomic mass is 10.0. The highest BCUT2D eigenvalue weighted by atomic mass is 32.2. The second-order valence-electron chi connectivity index (χ2n) is 15.2. The zero-order valence-corrected chi connectivity index (χ0v) is 38.8. The molecule has 23 heteroatoms. The molecule has 1 saturated carbocycles. The molecule has 1 fully saturated rings. The number of carbonyl (C=O) groups is 3. The predicted octanol–water partition coefficient (Wildman–Crippen LogP) is 4.40. The van der Waals surface area contributed by atoms with E-state index in [2.05, 4.69) is 41.3 Å². The summed E-state index contributed by atoms with van der Waals surface area (Å²) in [6.45, 7) is 7.60. The Morgan fingerprint density at radius 3 is 1.83 bits per heavy atom. The molecule has 6 rings (SSSR count). The van der Waals surface area contributed by atoms with Crippen molar-refractivity contribution < 1.29 is 56.4 Å². The number of anilines is 1. The second kappa shape index (κ2) is 27.2. The number of rotatable bonds is 31. The summed E-state index contributed by atoms with van der Waals surface area (Å²) in [4.78, 5) is 36.0. The quantitative estimate of drug-likeness (QED) is 0.0524. The SMILES string of the molecule is CSc1nnc(-c2cc(NC(=O)CCOCCOCCOCCn3nnc4c3CC[C@H]3C(CC4)C3COC(=O)NCCOCCOCCOCCC(C)=O)cc(-c3nnc(SC)o3)c2)o1. The van der Waals surface area contributed by atoms with Gasteiger partial charge in [-0.15, -0.1) is 25.5 Å². The largest absolute Gasteiger partial charge is 0.449 e. The summed E-state index contributed by atoms with van der Waals surface area (Å²) in [5, 5.41) is 31.6. The van der Waals surface area contributed by atoms with E-state index in [1.807, 2.05) is 17.2 Å². The van der Waals surface area contributed by atoms with Gasteiger partial charge in [-0.3, -0.25) is 9.59 Å². The molecule has 2 unspecified atom stereocenters. The van der Waals surface area contributed by atoms with Gasteiger partial charge >= 0.3 is 6.09 Å². The Hall–Kier alpha value is -4.49. The maximum atomic E-state index is 12.8. The molecular weight excluding hydrogens is 887 g/mol. The number of amides is 2. The van der Waals surface area contributed by atoms with E-state index in [0.29, 0.717) is 156 Å². The number of ether oxygens (including phenoxy) is 7. The van der Waals surface area contributed by atoms with Crippen LogP contribution in [0.15, 0.2) is 37.5 Å². The van der Waals surface area contributed by atoms with Crippen molar-refractivity contribution in [2.45, 2.75) is 62.4 Å². The normalized spacial score (nSPS) is 16.6. The third kappa shape index (κ3) is 16.7. The average Bonchev–Trinajstić information content (AvgIpc) is 3.75. The highest BCUT2D eigenvalue weighted by molar-refractivity contribution is 7.98. The van der Waals surface area contributed by atoms with Crippen molar-refractivity contribution in [1.29, 1.82) is 0 Å².